The van der Waals surface area contributed by atoms with Crippen LogP contribution >= 0.6 is 24.0 Å². The van der Waals surface area contributed by atoms with Gasteiger partial charge in [0.15, 0.2) is 17.2 Å². The second kappa shape index (κ2) is 6.24. The van der Waals surface area contributed by atoms with E-state index in [1.165, 1.54) is 0 Å². The van der Waals surface area contributed by atoms with Gasteiger partial charge in [-0.1, -0.05) is 11.6 Å². The Morgan fingerprint density at radius 1 is 1.14 bits per heavy atom. The van der Waals surface area contributed by atoms with Gasteiger partial charge >= 0.3 is 0 Å². The van der Waals surface area contributed by atoms with Gasteiger partial charge in [-0.2, -0.15) is 0 Å². The first kappa shape index (κ1) is 16.7. The molecule has 0 radical (unpaired) electrons. The van der Waals surface area contributed by atoms with Crippen molar-refractivity contribution in [2.45, 2.75) is 19.1 Å². The van der Waals surface area contributed by atoms with Gasteiger partial charge in [0.1, 0.15) is 5.75 Å². The van der Waals surface area contributed by atoms with Crippen molar-refractivity contribution in [3.05, 3.63) is 52.5 Å². The van der Waals surface area contributed by atoms with E-state index in [4.69, 9.17) is 16.3 Å². The van der Waals surface area contributed by atoms with Gasteiger partial charge in [-0.3, -0.25) is 5.32 Å². The minimum atomic E-state index is -0.771. The molecule has 1 heterocycles. The van der Waals surface area contributed by atoms with Crippen molar-refractivity contribution in [2.24, 2.45) is 0 Å². The average molecular weight is 342 g/mol. The third-order valence-electron chi connectivity index (χ3n) is 3.71. The van der Waals surface area contributed by atoms with Crippen LogP contribution in [-0.4, -0.2) is 16.8 Å². The summed E-state index contributed by atoms with van der Waals surface area (Å²) in [6, 6.07) is 10.3. The van der Waals surface area contributed by atoms with Crippen molar-refractivity contribution < 1.29 is 14.9 Å². The lowest BCUT2D eigenvalue weighted by Crippen LogP contribution is -2.49. The normalized spacial score (nSPS) is 19.9. The second-order valence-corrected chi connectivity index (χ2v) is 5.70. The summed E-state index contributed by atoms with van der Waals surface area (Å²) in [7, 11) is 0. The monoisotopic (exact) mass is 341 g/mol. The van der Waals surface area contributed by atoms with E-state index in [9.17, 15) is 10.2 Å². The van der Waals surface area contributed by atoms with E-state index in [0.717, 1.165) is 24.1 Å². The molecular weight excluding hydrogens is 325 g/mol. The van der Waals surface area contributed by atoms with E-state index in [-0.39, 0.29) is 23.9 Å². The molecule has 1 unspecified atom stereocenters. The van der Waals surface area contributed by atoms with Crippen LogP contribution in [0.1, 0.15) is 18.1 Å². The Balaban J connectivity index is 0.00000176. The van der Waals surface area contributed by atoms with Crippen molar-refractivity contribution in [2.75, 3.05) is 6.54 Å². The Hall–Kier alpha value is -1.62. The summed E-state index contributed by atoms with van der Waals surface area (Å²) in [4.78, 5) is 0. The zero-order valence-corrected chi connectivity index (χ0v) is 13.5. The minimum absolute atomic E-state index is 0. The molecular formula is C16H17Cl2NO3. The maximum Gasteiger partial charge on any atom is 0.184 e. The lowest BCUT2D eigenvalue weighted by Gasteiger charge is -2.37. The number of nitrogens with one attached hydrogen (secondary N) is 1. The zero-order chi connectivity index (χ0) is 15.0. The van der Waals surface area contributed by atoms with Gasteiger partial charge < -0.3 is 14.9 Å². The zero-order valence-electron chi connectivity index (χ0n) is 12.0. The highest BCUT2D eigenvalue weighted by Crippen LogP contribution is 2.37. The molecule has 1 aliphatic heterocycles. The molecule has 0 spiro atoms. The number of phenols is 2. The molecule has 6 heteroatoms. The van der Waals surface area contributed by atoms with Crippen LogP contribution in [0, 0.1) is 0 Å². The van der Waals surface area contributed by atoms with Crippen LogP contribution in [0.3, 0.4) is 0 Å². The van der Waals surface area contributed by atoms with Gasteiger partial charge in [0.05, 0.1) is 0 Å². The van der Waals surface area contributed by atoms with Gasteiger partial charge in [0.25, 0.3) is 0 Å². The Kier molecular flexibility index (Phi) is 4.75. The Morgan fingerprint density at radius 3 is 2.45 bits per heavy atom. The molecule has 0 bridgehead atoms. The van der Waals surface area contributed by atoms with Crippen LogP contribution in [-0.2, 0) is 12.1 Å². The predicted octanol–water partition coefficient (Wildman–Crippen LogP) is 3.57. The third kappa shape index (κ3) is 3.09. The lowest BCUT2D eigenvalue weighted by atomic mass is 9.91. The largest absolute Gasteiger partial charge is 0.504 e. The van der Waals surface area contributed by atoms with Crippen molar-refractivity contribution in [3.63, 3.8) is 0 Å². The first-order chi connectivity index (χ1) is 9.98. The first-order valence-corrected chi connectivity index (χ1v) is 7.11. The van der Waals surface area contributed by atoms with Crippen molar-refractivity contribution in [1.29, 1.82) is 0 Å². The molecule has 22 heavy (non-hydrogen) atoms. The summed E-state index contributed by atoms with van der Waals surface area (Å²) < 4.78 is 6.06. The quantitative estimate of drug-likeness (QED) is 0.730. The summed E-state index contributed by atoms with van der Waals surface area (Å²) in [5.74, 6) is 0.419. The van der Waals surface area contributed by atoms with Crippen LogP contribution in [0.25, 0.3) is 0 Å². The highest BCUT2D eigenvalue weighted by Gasteiger charge is 2.34. The summed E-state index contributed by atoms with van der Waals surface area (Å²) in [6.07, 6.45) is 0.767. The van der Waals surface area contributed by atoms with E-state index >= 15 is 0 Å². The number of hydrogen-bond acceptors (Lipinski definition) is 4. The molecule has 3 rings (SSSR count). The molecule has 0 saturated carbocycles. The maximum atomic E-state index is 9.76. The van der Waals surface area contributed by atoms with Crippen LogP contribution in [0.15, 0.2) is 36.4 Å². The van der Waals surface area contributed by atoms with Gasteiger partial charge in [0.2, 0.25) is 0 Å². The molecule has 4 nitrogen and oxygen atoms in total. The fourth-order valence-electron chi connectivity index (χ4n) is 2.63. The predicted molar refractivity (Wildman–Crippen MR) is 88.2 cm³/mol. The molecule has 0 saturated heterocycles. The van der Waals surface area contributed by atoms with Crippen molar-refractivity contribution >= 4 is 24.0 Å². The number of rotatable bonds is 2. The van der Waals surface area contributed by atoms with E-state index in [0.29, 0.717) is 10.8 Å². The molecule has 3 N–H and O–H groups in total. The Morgan fingerprint density at radius 2 is 1.77 bits per heavy atom. The molecule has 1 atom stereocenters. The van der Waals surface area contributed by atoms with Crippen molar-refractivity contribution in [1.82, 2.24) is 5.32 Å². The second-order valence-electron chi connectivity index (χ2n) is 5.26. The topological polar surface area (TPSA) is 61.7 Å². The lowest BCUT2D eigenvalue weighted by molar-refractivity contribution is 0.0417. The molecule has 1 aliphatic rings. The standard InChI is InChI=1S/C16H16ClNO3.ClH/c1-16(21-12-4-2-11(17)3-5-12)13-9-15(20)14(19)8-10(13)6-7-18-16;/h2-5,8-9,18-20H,6-7H2,1H3;1H. The number of benzene rings is 2. The summed E-state index contributed by atoms with van der Waals surface area (Å²) in [5.41, 5.74) is 1.01. The molecule has 0 fully saturated rings. The summed E-state index contributed by atoms with van der Waals surface area (Å²) in [6.45, 7) is 2.62. The van der Waals surface area contributed by atoms with Crippen LogP contribution in [0.4, 0.5) is 0 Å². The summed E-state index contributed by atoms with van der Waals surface area (Å²) in [5, 5.41) is 23.4. The van der Waals surface area contributed by atoms with E-state index in [1.54, 1.807) is 36.4 Å². The SMILES string of the molecule is CC1(Oc2ccc(Cl)cc2)NCCc2cc(O)c(O)cc21.Cl. The number of halogens is 2. The number of ether oxygens (including phenoxy) is 1. The number of hydrogen-bond donors (Lipinski definition) is 3. The highest BCUT2D eigenvalue weighted by atomic mass is 35.5. The number of phenolic OH excluding ortho intramolecular Hbond substituents is 2. The number of fused-ring (bicyclic) bond motifs is 1. The van der Waals surface area contributed by atoms with Gasteiger partial charge in [-0.25, -0.2) is 0 Å². The summed E-state index contributed by atoms with van der Waals surface area (Å²) >= 11 is 5.88. The first-order valence-electron chi connectivity index (χ1n) is 6.73. The van der Waals surface area contributed by atoms with Crippen molar-refractivity contribution in [3.8, 4) is 17.2 Å². The van der Waals surface area contributed by atoms with E-state index in [2.05, 4.69) is 5.32 Å². The Labute approximate surface area is 140 Å². The molecule has 0 aromatic heterocycles. The molecule has 2 aromatic carbocycles. The average Bonchev–Trinajstić information content (AvgIpc) is 2.44. The number of aromatic hydroxyl groups is 2. The molecule has 0 amide bonds. The third-order valence-corrected chi connectivity index (χ3v) is 3.96. The van der Waals surface area contributed by atoms with Crippen LogP contribution < -0.4 is 10.1 Å². The smallest absolute Gasteiger partial charge is 0.184 e. The van der Waals surface area contributed by atoms with Crippen LogP contribution in [0.5, 0.6) is 17.2 Å². The van der Waals surface area contributed by atoms with E-state index in [1.807, 2.05) is 6.92 Å². The molecule has 118 valence electrons. The van der Waals surface area contributed by atoms with E-state index < -0.39 is 5.72 Å². The van der Waals surface area contributed by atoms with Gasteiger partial charge in [-0.05, 0) is 55.3 Å². The maximum absolute atomic E-state index is 9.76. The molecule has 0 aliphatic carbocycles. The fourth-order valence-corrected chi connectivity index (χ4v) is 2.76. The van der Waals surface area contributed by atoms with Gasteiger partial charge in [0, 0.05) is 17.1 Å². The fraction of sp³-hybridized carbons (Fsp3) is 0.250. The van der Waals surface area contributed by atoms with Gasteiger partial charge in [-0.15, -0.1) is 12.4 Å². The minimum Gasteiger partial charge on any atom is -0.504 e. The highest BCUT2D eigenvalue weighted by molar-refractivity contribution is 6.30. The Bertz CT molecular complexity index is 676. The van der Waals surface area contributed by atoms with Crippen LogP contribution in [0.2, 0.25) is 5.02 Å². The molecule has 2 aromatic rings.